The maximum absolute atomic E-state index is 11.3. The van der Waals surface area contributed by atoms with Gasteiger partial charge in [0.2, 0.25) is 0 Å². The van der Waals surface area contributed by atoms with Crippen LogP contribution in [0.5, 0.6) is 0 Å². The molecule has 92 valence electrons. The topological polar surface area (TPSA) is 96.9 Å². The molecule has 1 aliphatic rings. The third-order valence-electron chi connectivity index (χ3n) is 2.31. The van der Waals surface area contributed by atoms with E-state index in [2.05, 4.69) is 10.6 Å². The van der Waals surface area contributed by atoms with Crippen molar-refractivity contribution in [3.05, 3.63) is 0 Å². The van der Waals surface area contributed by atoms with Crippen LogP contribution in [0, 0.1) is 5.92 Å². The average Bonchev–Trinajstić information content (AvgIpc) is 2.66. The third-order valence-corrected chi connectivity index (χ3v) is 2.31. The molecule has 0 bridgehead atoms. The Balaban J connectivity index is 2.30. The molecule has 1 saturated heterocycles. The summed E-state index contributed by atoms with van der Waals surface area (Å²) in [7, 11) is 1.53. The monoisotopic (exact) mass is 232 g/mol. The molecule has 7 heteroatoms. The summed E-state index contributed by atoms with van der Waals surface area (Å²) >= 11 is 0. The van der Waals surface area contributed by atoms with Gasteiger partial charge in [-0.25, -0.2) is 4.79 Å². The second-order valence-electron chi connectivity index (χ2n) is 3.48. The number of urea groups is 1. The lowest BCUT2D eigenvalue weighted by Crippen LogP contribution is -2.47. The number of hydrogen-bond acceptors (Lipinski definition) is 4. The molecule has 3 N–H and O–H groups in total. The second-order valence-corrected chi connectivity index (χ2v) is 3.48. The van der Waals surface area contributed by atoms with Crippen molar-refractivity contribution in [2.75, 3.05) is 33.5 Å². The number of amides is 2. The molecule has 2 amide bonds. The van der Waals surface area contributed by atoms with Gasteiger partial charge >= 0.3 is 12.0 Å². The average molecular weight is 232 g/mol. The Bertz CT molecular complexity index is 258. The van der Waals surface area contributed by atoms with E-state index in [1.165, 1.54) is 7.11 Å². The van der Waals surface area contributed by atoms with Crippen molar-refractivity contribution in [3.8, 4) is 0 Å². The number of aliphatic carboxylic acids is 1. The van der Waals surface area contributed by atoms with Gasteiger partial charge in [0, 0.05) is 13.7 Å². The van der Waals surface area contributed by atoms with E-state index < -0.39 is 24.0 Å². The molecule has 0 radical (unpaired) electrons. The molecule has 2 unspecified atom stereocenters. The summed E-state index contributed by atoms with van der Waals surface area (Å²) in [5.41, 5.74) is 0. The van der Waals surface area contributed by atoms with E-state index in [-0.39, 0.29) is 13.2 Å². The Morgan fingerprint density at radius 1 is 1.50 bits per heavy atom. The van der Waals surface area contributed by atoms with Crippen LogP contribution >= 0.6 is 0 Å². The van der Waals surface area contributed by atoms with E-state index in [4.69, 9.17) is 14.6 Å². The van der Waals surface area contributed by atoms with Gasteiger partial charge in [0.15, 0.2) is 0 Å². The van der Waals surface area contributed by atoms with Crippen LogP contribution in [0.4, 0.5) is 4.79 Å². The zero-order valence-electron chi connectivity index (χ0n) is 9.06. The van der Waals surface area contributed by atoms with Crippen LogP contribution in [0.3, 0.4) is 0 Å². The fourth-order valence-corrected chi connectivity index (χ4v) is 1.43. The number of hydrogen-bond donors (Lipinski definition) is 3. The fourth-order valence-electron chi connectivity index (χ4n) is 1.43. The standard InChI is InChI=1S/C9H16N2O5/c1-15-3-2-10-9(14)11-7-5-16-4-6(7)8(12)13/h6-7H,2-5H2,1H3,(H,12,13)(H2,10,11,14). The molecule has 2 atom stereocenters. The van der Waals surface area contributed by atoms with Gasteiger partial charge in [-0.05, 0) is 0 Å². The highest BCUT2D eigenvalue weighted by Crippen LogP contribution is 2.13. The van der Waals surface area contributed by atoms with Crippen LogP contribution in [0.25, 0.3) is 0 Å². The quantitative estimate of drug-likeness (QED) is 0.530. The van der Waals surface area contributed by atoms with E-state index in [1.54, 1.807) is 0 Å². The van der Waals surface area contributed by atoms with Gasteiger partial charge in [-0.3, -0.25) is 4.79 Å². The number of carbonyl (C=O) groups excluding carboxylic acids is 1. The van der Waals surface area contributed by atoms with E-state index in [1.807, 2.05) is 0 Å². The predicted octanol–water partition coefficient (Wildman–Crippen LogP) is -0.968. The lowest BCUT2D eigenvalue weighted by Gasteiger charge is -2.15. The molecule has 1 rings (SSSR count). The van der Waals surface area contributed by atoms with Gasteiger partial charge in [0.05, 0.1) is 25.9 Å². The number of carboxylic acids is 1. The van der Waals surface area contributed by atoms with Gasteiger partial charge in [-0.1, -0.05) is 0 Å². The van der Waals surface area contributed by atoms with Crippen LogP contribution in [0.2, 0.25) is 0 Å². The molecule has 0 aromatic heterocycles. The summed E-state index contributed by atoms with van der Waals surface area (Å²) in [6.45, 7) is 1.16. The molecule has 0 aliphatic carbocycles. The van der Waals surface area contributed by atoms with Crippen LogP contribution in [-0.4, -0.2) is 56.6 Å². The molecule has 16 heavy (non-hydrogen) atoms. The number of carbonyl (C=O) groups is 2. The lowest BCUT2D eigenvalue weighted by atomic mass is 10.0. The Morgan fingerprint density at radius 2 is 2.25 bits per heavy atom. The van der Waals surface area contributed by atoms with Crippen molar-refractivity contribution in [1.29, 1.82) is 0 Å². The zero-order valence-corrected chi connectivity index (χ0v) is 9.06. The number of rotatable bonds is 5. The normalized spacial score (nSPS) is 24.1. The SMILES string of the molecule is COCCNC(=O)NC1COCC1C(=O)O. The van der Waals surface area contributed by atoms with Crippen molar-refractivity contribution in [1.82, 2.24) is 10.6 Å². The first-order valence-electron chi connectivity index (χ1n) is 4.99. The van der Waals surface area contributed by atoms with Crippen molar-refractivity contribution in [3.63, 3.8) is 0 Å². The first-order valence-corrected chi connectivity index (χ1v) is 4.99. The first kappa shape index (κ1) is 12.7. The second kappa shape index (κ2) is 6.29. The fraction of sp³-hybridized carbons (Fsp3) is 0.778. The van der Waals surface area contributed by atoms with Crippen LogP contribution in [-0.2, 0) is 14.3 Å². The highest BCUT2D eigenvalue weighted by Gasteiger charge is 2.34. The Labute approximate surface area is 93.1 Å². The zero-order chi connectivity index (χ0) is 12.0. The van der Waals surface area contributed by atoms with Gasteiger partial charge in [-0.15, -0.1) is 0 Å². The summed E-state index contributed by atoms with van der Waals surface area (Å²) in [6, 6.07) is -0.876. The van der Waals surface area contributed by atoms with Crippen molar-refractivity contribution in [2.45, 2.75) is 6.04 Å². The van der Waals surface area contributed by atoms with E-state index >= 15 is 0 Å². The van der Waals surface area contributed by atoms with Crippen LogP contribution in [0.1, 0.15) is 0 Å². The summed E-state index contributed by atoms with van der Waals surface area (Å²) < 4.78 is 9.77. The van der Waals surface area contributed by atoms with E-state index in [9.17, 15) is 9.59 Å². The van der Waals surface area contributed by atoms with E-state index in [0.717, 1.165) is 0 Å². The predicted molar refractivity (Wildman–Crippen MR) is 54.1 cm³/mol. The van der Waals surface area contributed by atoms with Gasteiger partial charge in [0.25, 0.3) is 0 Å². The van der Waals surface area contributed by atoms with Gasteiger partial charge in [-0.2, -0.15) is 0 Å². The molecular weight excluding hydrogens is 216 g/mol. The molecule has 0 saturated carbocycles. The molecule has 7 nitrogen and oxygen atoms in total. The van der Waals surface area contributed by atoms with Crippen LogP contribution in [0.15, 0.2) is 0 Å². The maximum atomic E-state index is 11.3. The number of methoxy groups -OCH3 is 1. The molecule has 0 aromatic carbocycles. The summed E-state index contributed by atoms with van der Waals surface area (Å²) in [4.78, 5) is 22.1. The summed E-state index contributed by atoms with van der Waals surface area (Å²) in [6.07, 6.45) is 0. The number of carboxylic acid groups (broad SMARTS) is 1. The maximum Gasteiger partial charge on any atom is 0.315 e. The largest absolute Gasteiger partial charge is 0.481 e. The molecule has 1 heterocycles. The van der Waals surface area contributed by atoms with Gasteiger partial charge in [0.1, 0.15) is 5.92 Å². The molecule has 1 aliphatic heterocycles. The molecule has 0 aromatic rings. The highest BCUT2D eigenvalue weighted by molar-refractivity contribution is 5.77. The minimum atomic E-state index is -0.959. The van der Waals surface area contributed by atoms with Crippen LogP contribution < -0.4 is 10.6 Å². The van der Waals surface area contributed by atoms with Crippen molar-refractivity contribution < 1.29 is 24.2 Å². The third kappa shape index (κ3) is 3.67. The number of nitrogens with one attached hydrogen (secondary N) is 2. The lowest BCUT2D eigenvalue weighted by molar-refractivity contribution is -0.142. The van der Waals surface area contributed by atoms with Crippen molar-refractivity contribution in [2.24, 2.45) is 5.92 Å². The Morgan fingerprint density at radius 3 is 2.88 bits per heavy atom. The summed E-state index contributed by atoms with van der Waals surface area (Å²) in [5.74, 6) is -1.63. The minimum absolute atomic E-state index is 0.137. The molecular formula is C9H16N2O5. The van der Waals surface area contributed by atoms with E-state index in [0.29, 0.717) is 13.2 Å². The molecule has 0 spiro atoms. The van der Waals surface area contributed by atoms with Gasteiger partial charge < -0.3 is 25.2 Å². The summed E-state index contributed by atoms with van der Waals surface area (Å²) in [5, 5.41) is 13.9. The number of ether oxygens (including phenoxy) is 2. The van der Waals surface area contributed by atoms with Crippen molar-refractivity contribution >= 4 is 12.0 Å². The Kier molecular flexibility index (Phi) is 5.00. The highest BCUT2D eigenvalue weighted by atomic mass is 16.5. The first-order chi connectivity index (χ1) is 7.65. The molecule has 1 fully saturated rings. The minimum Gasteiger partial charge on any atom is -0.481 e. The smallest absolute Gasteiger partial charge is 0.315 e. The Hall–Kier alpha value is -1.34.